The van der Waals surface area contributed by atoms with Gasteiger partial charge < -0.3 is 0 Å². The van der Waals surface area contributed by atoms with Crippen molar-refractivity contribution in [2.24, 2.45) is 0 Å². The summed E-state index contributed by atoms with van der Waals surface area (Å²) in [5.74, 6) is 0. The van der Waals surface area contributed by atoms with Gasteiger partial charge in [0, 0.05) is 6.54 Å². The summed E-state index contributed by atoms with van der Waals surface area (Å²) in [6, 6.07) is 3.47. The third-order valence-electron chi connectivity index (χ3n) is 3.32. The summed E-state index contributed by atoms with van der Waals surface area (Å²) in [5, 5.41) is 4.45. The number of thiophene rings is 2. The molecule has 3 rings (SSSR count). The van der Waals surface area contributed by atoms with Gasteiger partial charge in [-0.3, -0.25) is 0 Å². The Bertz CT molecular complexity index is 692. The van der Waals surface area contributed by atoms with Crippen LogP contribution in [0, 0.1) is 0 Å². The highest BCUT2D eigenvalue weighted by molar-refractivity contribution is 9.11. The van der Waals surface area contributed by atoms with Gasteiger partial charge in [0.25, 0.3) is 10.0 Å². The highest BCUT2D eigenvalue weighted by atomic mass is 79.9. The van der Waals surface area contributed by atoms with Gasteiger partial charge in [-0.25, -0.2) is 8.42 Å². The second-order valence-electron chi connectivity index (χ2n) is 4.52. The van der Waals surface area contributed by atoms with Gasteiger partial charge >= 0.3 is 0 Å². The van der Waals surface area contributed by atoms with E-state index in [1.165, 1.54) is 17.4 Å². The number of nitrogens with zero attached hydrogens (tertiary/aromatic N) is 1. The van der Waals surface area contributed by atoms with Crippen molar-refractivity contribution in [3.8, 4) is 0 Å². The van der Waals surface area contributed by atoms with Crippen LogP contribution < -0.4 is 0 Å². The average Bonchev–Trinajstić information content (AvgIpc) is 3.10. The minimum atomic E-state index is -3.47. The first-order valence-corrected chi connectivity index (χ1v) is 10.4. The SMILES string of the molecule is O=S(=O)(c1cc(Cl)c(Br)s1)N1CCCC1c1ccsc1. The minimum absolute atomic E-state index is 0.0501. The lowest BCUT2D eigenvalue weighted by atomic mass is 10.1. The maximum atomic E-state index is 12.8. The molecule has 0 aliphatic carbocycles. The zero-order chi connectivity index (χ0) is 14.3. The molecule has 1 fully saturated rings. The van der Waals surface area contributed by atoms with Crippen molar-refractivity contribution < 1.29 is 8.42 Å². The van der Waals surface area contributed by atoms with E-state index in [1.807, 2.05) is 16.8 Å². The van der Waals surface area contributed by atoms with Gasteiger partial charge in [0.15, 0.2) is 0 Å². The second-order valence-corrected chi connectivity index (χ2v) is 10.2. The number of rotatable bonds is 3. The lowest BCUT2D eigenvalue weighted by Crippen LogP contribution is -2.29. The summed E-state index contributed by atoms with van der Waals surface area (Å²) in [6.45, 7) is 0.565. The molecule has 2 aromatic heterocycles. The molecule has 0 N–H and O–H groups in total. The Hall–Kier alpha value is 0.0800. The molecule has 0 amide bonds. The van der Waals surface area contributed by atoms with Crippen molar-refractivity contribution in [3.05, 3.63) is 37.3 Å². The van der Waals surface area contributed by atoms with E-state index >= 15 is 0 Å². The average molecular weight is 413 g/mol. The first-order valence-electron chi connectivity index (χ1n) is 5.99. The highest BCUT2D eigenvalue weighted by Gasteiger charge is 2.37. The van der Waals surface area contributed by atoms with Crippen molar-refractivity contribution in [2.45, 2.75) is 23.1 Å². The molecule has 3 nitrogen and oxygen atoms in total. The quantitative estimate of drug-likeness (QED) is 0.729. The van der Waals surface area contributed by atoms with Gasteiger partial charge in [-0.15, -0.1) is 11.3 Å². The van der Waals surface area contributed by atoms with Crippen molar-refractivity contribution in [2.75, 3.05) is 6.54 Å². The Morgan fingerprint density at radius 1 is 1.45 bits per heavy atom. The molecule has 0 bridgehead atoms. The molecule has 3 heterocycles. The van der Waals surface area contributed by atoms with Gasteiger partial charge in [0.1, 0.15) is 4.21 Å². The summed E-state index contributed by atoms with van der Waals surface area (Å²) in [6.07, 6.45) is 1.76. The number of hydrogen-bond acceptors (Lipinski definition) is 4. The number of halogens is 2. The summed E-state index contributed by atoms with van der Waals surface area (Å²) in [7, 11) is -3.47. The van der Waals surface area contributed by atoms with Gasteiger partial charge in [-0.05, 0) is 57.2 Å². The fraction of sp³-hybridized carbons (Fsp3) is 0.333. The smallest absolute Gasteiger partial charge is 0.206 e. The molecular formula is C12H11BrClNO2S3. The normalized spacial score (nSPS) is 20.6. The largest absolute Gasteiger partial charge is 0.253 e. The van der Waals surface area contributed by atoms with Crippen LogP contribution in [0.15, 0.2) is 30.9 Å². The van der Waals surface area contributed by atoms with Gasteiger partial charge in [-0.2, -0.15) is 15.6 Å². The van der Waals surface area contributed by atoms with Gasteiger partial charge in [0.2, 0.25) is 0 Å². The molecule has 0 spiro atoms. The van der Waals surface area contributed by atoms with E-state index in [0.717, 1.165) is 18.4 Å². The van der Waals surface area contributed by atoms with Crippen LogP contribution in [-0.2, 0) is 10.0 Å². The lowest BCUT2D eigenvalue weighted by Gasteiger charge is -2.22. The highest BCUT2D eigenvalue weighted by Crippen LogP contribution is 2.41. The maximum Gasteiger partial charge on any atom is 0.253 e. The zero-order valence-electron chi connectivity index (χ0n) is 10.3. The zero-order valence-corrected chi connectivity index (χ0v) is 15.0. The van der Waals surface area contributed by atoms with Gasteiger partial charge in [0.05, 0.1) is 14.9 Å². The standard InChI is InChI=1S/C12H11BrClNO2S3/c13-12-9(14)6-11(19-12)20(16,17)15-4-1-2-10(15)8-3-5-18-7-8/h3,5-7,10H,1-2,4H2. The summed E-state index contributed by atoms with van der Waals surface area (Å²) in [5.41, 5.74) is 1.08. The molecule has 1 aliphatic rings. The third-order valence-corrected chi connectivity index (χ3v) is 8.85. The Morgan fingerprint density at radius 3 is 2.85 bits per heavy atom. The molecule has 0 aromatic carbocycles. The van der Waals surface area contributed by atoms with Crippen LogP contribution in [0.2, 0.25) is 5.02 Å². The predicted octanol–water partition coefficient (Wildman–Crippen LogP) is 4.75. The van der Waals surface area contributed by atoms with E-state index in [4.69, 9.17) is 11.6 Å². The fourth-order valence-electron chi connectivity index (χ4n) is 2.39. The molecule has 2 aromatic rings. The molecule has 1 atom stereocenters. The second kappa shape index (κ2) is 5.70. The predicted molar refractivity (Wildman–Crippen MR) is 87.2 cm³/mol. The summed E-state index contributed by atoms with van der Waals surface area (Å²) >= 11 is 12.0. The molecule has 1 saturated heterocycles. The first-order chi connectivity index (χ1) is 9.50. The van der Waals surface area contributed by atoms with Crippen molar-refractivity contribution >= 4 is 60.2 Å². The van der Waals surface area contributed by atoms with Gasteiger partial charge in [-0.1, -0.05) is 11.6 Å². The van der Waals surface area contributed by atoms with E-state index in [0.29, 0.717) is 19.6 Å². The first kappa shape index (κ1) is 15.0. The van der Waals surface area contributed by atoms with Crippen LogP contribution in [-0.4, -0.2) is 19.3 Å². The number of hydrogen-bond donors (Lipinski definition) is 0. The molecule has 1 aliphatic heterocycles. The molecule has 0 radical (unpaired) electrons. The molecule has 20 heavy (non-hydrogen) atoms. The van der Waals surface area contributed by atoms with Crippen LogP contribution in [0.4, 0.5) is 0 Å². The topological polar surface area (TPSA) is 37.4 Å². The third kappa shape index (κ3) is 2.60. The summed E-state index contributed by atoms with van der Waals surface area (Å²) < 4.78 is 28.1. The number of sulfonamides is 1. The Kier molecular flexibility index (Phi) is 4.27. The fourth-order valence-corrected chi connectivity index (χ4v) is 7.31. The van der Waals surface area contributed by atoms with E-state index in [1.54, 1.807) is 15.6 Å². The monoisotopic (exact) mass is 411 g/mol. The summed E-state index contributed by atoms with van der Waals surface area (Å²) in [4.78, 5) is 0. The van der Waals surface area contributed by atoms with Crippen LogP contribution in [0.5, 0.6) is 0 Å². The van der Waals surface area contributed by atoms with Crippen LogP contribution in [0.25, 0.3) is 0 Å². The molecule has 108 valence electrons. The van der Waals surface area contributed by atoms with E-state index < -0.39 is 10.0 Å². The van der Waals surface area contributed by atoms with E-state index in [2.05, 4.69) is 15.9 Å². The van der Waals surface area contributed by atoms with Crippen molar-refractivity contribution in [1.82, 2.24) is 4.31 Å². The van der Waals surface area contributed by atoms with Crippen LogP contribution in [0.1, 0.15) is 24.4 Å². The van der Waals surface area contributed by atoms with E-state index in [9.17, 15) is 8.42 Å². The Labute approximate surface area is 139 Å². The Morgan fingerprint density at radius 2 is 2.25 bits per heavy atom. The van der Waals surface area contributed by atoms with Crippen molar-refractivity contribution in [1.29, 1.82) is 0 Å². The molecule has 0 saturated carbocycles. The Balaban J connectivity index is 1.98. The molecule has 8 heteroatoms. The maximum absolute atomic E-state index is 12.8. The minimum Gasteiger partial charge on any atom is -0.206 e. The molecule has 1 unspecified atom stereocenters. The van der Waals surface area contributed by atoms with Crippen LogP contribution >= 0.6 is 50.2 Å². The van der Waals surface area contributed by atoms with Crippen LogP contribution in [0.3, 0.4) is 0 Å². The molecular weight excluding hydrogens is 402 g/mol. The lowest BCUT2D eigenvalue weighted by molar-refractivity contribution is 0.398. The van der Waals surface area contributed by atoms with Crippen molar-refractivity contribution in [3.63, 3.8) is 0 Å². The van der Waals surface area contributed by atoms with E-state index in [-0.39, 0.29) is 6.04 Å².